The van der Waals surface area contributed by atoms with E-state index in [0.717, 1.165) is 30.4 Å². The number of amides is 2. The number of carbonyl (C=O) groups excluding carboxylic acids is 2. The second-order valence-electron chi connectivity index (χ2n) is 4.08. The van der Waals surface area contributed by atoms with Crippen LogP contribution in [0.4, 0.5) is 0 Å². The predicted molar refractivity (Wildman–Crippen MR) is 59.8 cm³/mol. The fourth-order valence-electron chi connectivity index (χ4n) is 2.38. The van der Waals surface area contributed by atoms with Crippen LogP contribution >= 0.6 is 0 Å². The second kappa shape index (κ2) is 3.96. The zero-order chi connectivity index (χ0) is 11.7. The van der Waals surface area contributed by atoms with Crippen molar-refractivity contribution in [3.8, 4) is 0 Å². The molecule has 0 bridgehead atoms. The third-order valence-electron chi connectivity index (χ3n) is 3.12. The van der Waals surface area contributed by atoms with Gasteiger partial charge in [-0.2, -0.15) is 0 Å². The van der Waals surface area contributed by atoms with Gasteiger partial charge >= 0.3 is 0 Å². The summed E-state index contributed by atoms with van der Waals surface area (Å²) in [5.74, 6) is -1.05. The molecular formula is C12H14N2O2. The van der Waals surface area contributed by atoms with Crippen LogP contribution in [-0.2, 0) is 11.2 Å². The van der Waals surface area contributed by atoms with Gasteiger partial charge in [-0.25, -0.2) is 0 Å². The Morgan fingerprint density at radius 1 is 1.25 bits per heavy atom. The molecule has 4 nitrogen and oxygen atoms in total. The molecule has 2 rings (SSSR count). The lowest BCUT2D eigenvalue weighted by atomic mass is 9.80. The van der Waals surface area contributed by atoms with E-state index in [1.54, 1.807) is 12.1 Å². The van der Waals surface area contributed by atoms with Crippen molar-refractivity contribution >= 4 is 11.8 Å². The maximum absolute atomic E-state index is 11.3. The van der Waals surface area contributed by atoms with E-state index >= 15 is 0 Å². The Morgan fingerprint density at radius 3 is 2.62 bits per heavy atom. The average molecular weight is 218 g/mol. The summed E-state index contributed by atoms with van der Waals surface area (Å²) in [5.41, 5.74) is 12.9. The summed E-state index contributed by atoms with van der Waals surface area (Å²) in [6.45, 7) is 0. The van der Waals surface area contributed by atoms with Crippen LogP contribution in [0.15, 0.2) is 18.2 Å². The lowest BCUT2D eigenvalue weighted by Crippen LogP contribution is -2.27. The number of rotatable bonds is 2. The first-order valence-corrected chi connectivity index (χ1v) is 5.32. The first-order valence-electron chi connectivity index (χ1n) is 5.32. The molecule has 0 saturated carbocycles. The molecule has 1 unspecified atom stereocenters. The van der Waals surface area contributed by atoms with Gasteiger partial charge in [0, 0.05) is 5.56 Å². The molecule has 0 spiro atoms. The maximum Gasteiger partial charge on any atom is 0.248 e. The van der Waals surface area contributed by atoms with E-state index in [-0.39, 0.29) is 11.8 Å². The summed E-state index contributed by atoms with van der Waals surface area (Å²) < 4.78 is 0. The van der Waals surface area contributed by atoms with Crippen LogP contribution in [0.1, 0.15) is 40.2 Å². The Hall–Kier alpha value is -1.84. The molecule has 1 atom stereocenters. The minimum Gasteiger partial charge on any atom is -0.369 e. The first kappa shape index (κ1) is 10.7. The predicted octanol–water partition coefficient (Wildman–Crippen LogP) is 0.691. The highest BCUT2D eigenvalue weighted by Crippen LogP contribution is 2.33. The average Bonchev–Trinajstić information content (AvgIpc) is 2.27. The summed E-state index contributed by atoms with van der Waals surface area (Å²) in [6, 6.07) is 5.31. The standard InChI is InChI=1S/C12H14N2O2/c13-11(15)9-5-1-3-7-8(9)4-2-6-10(7)12(14)16/h1,3,5,10H,2,4,6H2,(H2,13,15)(H2,14,16). The smallest absolute Gasteiger partial charge is 0.248 e. The van der Waals surface area contributed by atoms with Crippen molar-refractivity contribution in [1.29, 1.82) is 0 Å². The third-order valence-corrected chi connectivity index (χ3v) is 3.12. The monoisotopic (exact) mass is 218 g/mol. The van der Waals surface area contributed by atoms with E-state index in [2.05, 4.69) is 0 Å². The Morgan fingerprint density at radius 2 is 2.00 bits per heavy atom. The molecule has 4 heteroatoms. The molecule has 4 N–H and O–H groups in total. The molecular weight excluding hydrogens is 204 g/mol. The van der Waals surface area contributed by atoms with Crippen molar-refractivity contribution in [2.45, 2.75) is 25.2 Å². The molecule has 16 heavy (non-hydrogen) atoms. The second-order valence-corrected chi connectivity index (χ2v) is 4.08. The van der Waals surface area contributed by atoms with Gasteiger partial charge in [0.2, 0.25) is 11.8 Å². The molecule has 1 aromatic carbocycles. The fraction of sp³-hybridized carbons (Fsp3) is 0.333. The lowest BCUT2D eigenvalue weighted by molar-refractivity contribution is -0.119. The van der Waals surface area contributed by atoms with Crippen molar-refractivity contribution in [2.24, 2.45) is 11.5 Å². The summed E-state index contributed by atoms with van der Waals surface area (Å²) in [7, 11) is 0. The molecule has 1 aliphatic rings. The topological polar surface area (TPSA) is 86.2 Å². The van der Waals surface area contributed by atoms with Gasteiger partial charge in [-0.3, -0.25) is 9.59 Å². The number of benzene rings is 1. The quantitative estimate of drug-likeness (QED) is 0.765. The highest BCUT2D eigenvalue weighted by molar-refractivity contribution is 5.95. The van der Waals surface area contributed by atoms with Gasteiger partial charge in [-0.15, -0.1) is 0 Å². The van der Waals surface area contributed by atoms with Crippen molar-refractivity contribution in [1.82, 2.24) is 0 Å². The Bertz CT molecular complexity index is 454. The molecule has 0 heterocycles. The van der Waals surface area contributed by atoms with Gasteiger partial charge in [-0.1, -0.05) is 12.1 Å². The molecule has 0 aromatic heterocycles. The fourth-order valence-corrected chi connectivity index (χ4v) is 2.38. The van der Waals surface area contributed by atoms with E-state index in [4.69, 9.17) is 11.5 Å². The van der Waals surface area contributed by atoms with Gasteiger partial charge in [-0.05, 0) is 36.5 Å². The van der Waals surface area contributed by atoms with Crippen LogP contribution in [0.5, 0.6) is 0 Å². The van der Waals surface area contributed by atoms with E-state index in [0.29, 0.717) is 5.56 Å². The summed E-state index contributed by atoms with van der Waals surface area (Å²) in [6.07, 6.45) is 2.41. The van der Waals surface area contributed by atoms with Crippen LogP contribution in [-0.4, -0.2) is 11.8 Å². The highest BCUT2D eigenvalue weighted by atomic mass is 16.1. The molecule has 84 valence electrons. The zero-order valence-corrected chi connectivity index (χ0v) is 8.90. The molecule has 0 fully saturated rings. The van der Waals surface area contributed by atoms with E-state index in [1.165, 1.54) is 0 Å². The highest BCUT2D eigenvalue weighted by Gasteiger charge is 2.26. The first-order chi connectivity index (χ1) is 7.61. The number of hydrogen-bond acceptors (Lipinski definition) is 2. The van der Waals surface area contributed by atoms with Crippen molar-refractivity contribution < 1.29 is 9.59 Å². The zero-order valence-electron chi connectivity index (χ0n) is 8.90. The van der Waals surface area contributed by atoms with Crippen LogP contribution in [0.3, 0.4) is 0 Å². The lowest BCUT2D eigenvalue weighted by Gasteiger charge is -2.24. The summed E-state index contributed by atoms with van der Waals surface area (Å²) in [4.78, 5) is 22.6. The van der Waals surface area contributed by atoms with Gasteiger partial charge in [0.15, 0.2) is 0 Å². The molecule has 0 aliphatic heterocycles. The van der Waals surface area contributed by atoms with Crippen LogP contribution < -0.4 is 11.5 Å². The number of nitrogens with two attached hydrogens (primary N) is 2. The molecule has 0 saturated heterocycles. The molecule has 0 radical (unpaired) electrons. The minimum absolute atomic E-state index is 0.275. The van der Waals surface area contributed by atoms with Gasteiger partial charge < -0.3 is 11.5 Å². The van der Waals surface area contributed by atoms with Crippen molar-refractivity contribution in [2.75, 3.05) is 0 Å². The molecule has 1 aliphatic carbocycles. The molecule has 1 aromatic rings. The van der Waals surface area contributed by atoms with Crippen LogP contribution in [0.25, 0.3) is 0 Å². The number of hydrogen-bond donors (Lipinski definition) is 2. The largest absolute Gasteiger partial charge is 0.369 e. The summed E-state index contributed by atoms with van der Waals surface area (Å²) >= 11 is 0. The van der Waals surface area contributed by atoms with Gasteiger partial charge in [0.25, 0.3) is 0 Å². The van der Waals surface area contributed by atoms with E-state index in [9.17, 15) is 9.59 Å². The van der Waals surface area contributed by atoms with Crippen LogP contribution in [0, 0.1) is 0 Å². The van der Waals surface area contributed by atoms with E-state index < -0.39 is 5.91 Å². The van der Waals surface area contributed by atoms with Gasteiger partial charge in [0.1, 0.15) is 0 Å². The minimum atomic E-state index is -0.443. The number of fused-ring (bicyclic) bond motifs is 1. The van der Waals surface area contributed by atoms with Crippen molar-refractivity contribution in [3.63, 3.8) is 0 Å². The molecule has 2 amide bonds. The number of carbonyl (C=O) groups is 2. The van der Waals surface area contributed by atoms with Gasteiger partial charge in [0.05, 0.1) is 5.92 Å². The maximum atomic E-state index is 11.3. The Kier molecular flexibility index (Phi) is 2.64. The van der Waals surface area contributed by atoms with Crippen molar-refractivity contribution in [3.05, 3.63) is 34.9 Å². The van der Waals surface area contributed by atoms with E-state index in [1.807, 2.05) is 6.07 Å². The Labute approximate surface area is 93.6 Å². The number of primary amides is 2. The van der Waals surface area contributed by atoms with Crippen LogP contribution in [0.2, 0.25) is 0 Å². The normalized spacial score (nSPS) is 18.9. The SMILES string of the molecule is NC(=O)c1cccc2c1CCCC2C(N)=O. The Balaban J connectivity index is 2.54. The third kappa shape index (κ3) is 1.66. The summed E-state index contributed by atoms with van der Waals surface area (Å²) in [5, 5.41) is 0.